The van der Waals surface area contributed by atoms with Gasteiger partial charge in [-0.3, -0.25) is 4.79 Å². The largest absolute Gasteiger partial charge is 0.520 e. The van der Waals surface area contributed by atoms with Crippen LogP contribution in [0.2, 0.25) is 0 Å². The Morgan fingerprint density at radius 3 is 2.27 bits per heavy atom. The molecule has 5 amide bonds. The third-order valence-electron chi connectivity index (χ3n) is 3.57. The number of carbonyl (C=O) groups excluding carboxylic acids is 4. The molecule has 12 heteroatoms. The molecular weight excluding hydrogens is 675 g/mol. The summed E-state index contributed by atoms with van der Waals surface area (Å²) in [7, 11) is 1.56. The minimum atomic E-state index is -0.679. The summed E-state index contributed by atoms with van der Waals surface area (Å²) >= 11 is 0. The molecule has 0 saturated carbocycles. The van der Waals surface area contributed by atoms with Crippen molar-refractivity contribution in [3.8, 4) is 0 Å². The smallest absolute Gasteiger partial charge is 0.408 e. The Labute approximate surface area is 188 Å². The zero-order valence-corrected chi connectivity index (χ0v) is 22.0. The Kier molecular flexibility index (Phi) is 14.5. The molecule has 1 aromatic carbocycles. The first-order chi connectivity index (χ1) is 14.9. The molecule has 0 aromatic heterocycles. The number of nitrogens with one attached hydrogen (secondary N) is 3. The van der Waals surface area contributed by atoms with Crippen LogP contribution in [0.15, 0.2) is 18.2 Å². The van der Waals surface area contributed by atoms with Gasteiger partial charge in [0.1, 0.15) is 12.1 Å². The van der Waals surface area contributed by atoms with Crippen molar-refractivity contribution in [1.82, 2.24) is 15.5 Å². The molecule has 0 atom stereocenters. The van der Waals surface area contributed by atoms with E-state index < -0.39 is 23.6 Å². The first-order valence-electron chi connectivity index (χ1n) is 10.0. The fourth-order valence-electron chi connectivity index (χ4n) is 2.21. The van der Waals surface area contributed by atoms with Gasteiger partial charge < -0.3 is 41.2 Å². The molecular formula is C21H34FmN5O6-. The van der Waals surface area contributed by atoms with Gasteiger partial charge in [0.15, 0.2) is 0 Å². The summed E-state index contributed by atoms with van der Waals surface area (Å²) in [6.45, 7) is 7.65. The number of aliphatic hydroxyl groups excluding tert-OH is 1. The molecule has 0 heterocycles. The number of carbonyl (C=O) groups is 3. The summed E-state index contributed by atoms with van der Waals surface area (Å²) in [5.41, 5.74) is 5.91. The van der Waals surface area contributed by atoms with Gasteiger partial charge in [0.2, 0.25) is 5.91 Å². The van der Waals surface area contributed by atoms with Crippen molar-refractivity contribution < 1.29 is 29.0 Å². The number of benzene rings is 1. The molecule has 0 fully saturated rings. The maximum atomic E-state index is 11.9. The molecule has 1 aromatic rings. The van der Waals surface area contributed by atoms with E-state index in [2.05, 4.69) is 16.0 Å². The summed E-state index contributed by atoms with van der Waals surface area (Å²) in [5.74, 6) is -0.427. The molecule has 6 N–H and O–H groups in total. The molecule has 0 radical (unpaired) electrons. The Morgan fingerprint density at radius 2 is 1.82 bits per heavy atom. The minimum Gasteiger partial charge on any atom is -0.520 e. The van der Waals surface area contributed by atoms with Crippen molar-refractivity contribution in [2.24, 2.45) is 5.73 Å². The summed E-state index contributed by atoms with van der Waals surface area (Å²) < 4.78 is 5.04. The first kappa shape index (κ1) is 30.9. The molecule has 0 spiro atoms. The summed E-state index contributed by atoms with van der Waals surface area (Å²) in [6.07, 6.45) is 1.98. The molecule has 11 nitrogen and oxygen atoms in total. The average molecular weight is 710 g/mol. The molecule has 0 aliphatic heterocycles. The van der Waals surface area contributed by atoms with Crippen LogP contribution >= 0.6 is 0 Å². The molecule has 33 heavy (non-hydrogen) atoms. The number of alkyl carbamates (subject to hydrolysis) is 1. The van der Waals surface area contributed by atoms with Gasteiger partial charge in [0, 0.05) is 18.8 Å². The van der Waals surface area contributed by atoms with E-state index in [-0.39, 0.29) is 19.7 Å². The van der Waals surface area contributed by atoms with E-state index in [9.17, 15) is 24.3 Å². The third-order valence-corrected chi connectivity index (χ3v) is 3.57. The first-order valence-corrected chi connectivity index (χ1v) is 10.0. The van der Waals surface area contributed by atoms with Crippen molar-refractivity contribution >= 4 is 30.1 Å². The normalized spacial score (nSPS) is 9.88. The second-order valence-electron chi connectivity index (χ2n) is 7.78. The number of hydrogen-bond acceptors (Lipinski definition) is 6. The van der Waals surface area contributed by atoms with E-state index in [0.29, 0.717) is 23.4 Å². The van der Waals surface area contributed by atoms with Crippen LogP contribution in [0.25, 0.3) is 0 Å². The number of nitrogens with two attached hydrogens (primary N) is 1. The molecule has 0 bridgehead atoms. The van der Waals surface area contributed by atoms with Crippen molar-refractivity contribution in [2.75, 3.05) is 25.5 Å². The number of anilines is 1. The van der Waals surface area contributed by atoms with E-state index in [1.165, 1.54) is 4.90 Å². The van der Waals surface area contributed by atoms with Crippen LogP contribution in [-0.2, 0) is 27.5 Å². The number of primary amides is 1. The monoisotopic (exact) mass is 709 g/mol. The zero-order valence-electron chi connectivity index (χ0n) is 19.6. The van der Waals surface area contributed by atoms with Gasteiger partial charge in [-0.2, -0.15) is 6.41 Å². The van der Waals surface area contributed by atoms with Crippen LogP contribution in [0.4, 0.5) is 15.3 Å². The van der Waals surface area contributed by atoms with Gasteiger partial charge in [0.25, 0.3) is 0 Å². The molecule has 192 valence electrons. The predicted octanol–water partition coefficient (Wildman–Crippen LogP) is 1.21. The third kappa shape index (κ3) is 15.2. The van der Waals surface area contributed by atoms with Gasteiger partial charge >= 0.3 is 12.1 Å². The number of amides is 5. The fourth-order valence-corrected chi connectivity index (χ4v) is 2.21. The summed E-state index contributed by atoms with van der Waals surface area (Å²) in [5, 5.41) is 16.8. The van der Waals surface area contributed by atoms with E-state index in [1.807, 2.05) is 6.92 Å². The van der Waals surface area contributed by atoms with Crippen LogP contribution in [0.3, 0.4) is 0 Å². The second-order valence-corrected chi connectivity index (χ2v) is 7.78. The quantitative estimate of drug-likeness (QED) is 0.191. The summed E-state index contributed by atoms with van der Waals surface area (Å²) in [4.78, 5) is 45.2. The van der Waals surface area contributed by atoms with Gasteiger partial charge in [-0.05, 0) is 57.5 Å². The molecule has 0 aliphatic rings. The summed E-state index contributed by atoms with van der Waals surface area (Å²) in [6, 6.07) is 4.50. The predicted molar refractivity (Wildman–Crippen MR) is 120 cm³/mol. The Balaban J connectivity index is 0. The van der Waals surface area contributed by atoms with E-state index in [4.69, 9.17) is 10.5 Å². The van der Waals surface area contributed by atoms with Gasteiger partial charge in [-0.15, -0.1) is 0 Å². The van der Waals surface area contributed by atoms with Crippen molar-refractivity contribution in [2.45, 2.75) is 52.9 Å². The van der Waals surface area contributed by atoms with E-state index in [1.54, 1.807) is 52.4 Å². The van der Waals surface area contributed by atoms with Gasteiger partial charge in [-0.1, -0.05) is 13.0 Å². The maximum Gasteiger partial charge on any atom is 0.408 e. The number of ether oxygens (including phenoxy) is 1. The van der Waals surface area contributed by atoms with Crippen LogP contribution in [0.5, 0.6) is 0 Å². The zero-order chi connectivity index (χ0) is 24.7. The standard InChI is InChI=1S/C17H24N3O5.C4H10N2O.Fm/c1-17(2,3)25-16(24)18-8-15(23)19-14-6-5-12(10-21)13(7-14)9-20(4)11-22;1-2-3-6-4(5)7;/h5-7,21H,8-10H2,1-4H3,(H,18,24)(H,19,23);2-3H2,1H3,(H3,5,6,7);/q-1;;. The van der Waals surface area contributed by atoms with Crippen molar-refractivity contribution in [1.29, 1.82) is 0 Å². The number of rotatable bonds is 9. The Morgan fingerprint density at radius 1 is 1.18 bits per heavy atom. The van der Waals surface area contributed by atoms with Crippen molar-refractivity contribution in [3.05, 3.63) is 29.3 Å². The van der Waals surface area contributed by atoms with Crippen LogP contribution in [-0.4, -0.2) is 60.2 Å². The fraction of sp³-hybridized carbons (Fsp3) is 0.524. The number of nitrogens with zero attached hydrogens (tertiary/aromatic N) is 1. The number of urea groups is 1. The second kappa shape index (κ2) is 15.5. The van der Waals surface area contributed by atoms with Crippen molar-refractivity contribution in [3.63, 3.8) is 0 Å². The minimum absolute atomic E-state index is 0. The SMILES string of the molecule is CCCNC(N)=O.CN([C-]=O)Cc1cc(NC(=O)CNC(=O)OC(C)(C)C)ccc1CO.[Fm]. The van der Waals surface area contributed by atoms with Crippen LogP contribution < -0.4 is 21.7 Å². The molecule has 0 saturated heterocycles. The molecule has 1 rings (SSSR count). The van der Waals surface area contributed by atoms with Crippen LogP contribution in [0, 0.1) is 0 Å². The maximum absolute atomic E-state index is 11.9. The molecule has 0 aliphatic carbocycles. The number of hydrogen-bond donors (Lipinski definition) is 5. The average Bonchev–Trinajstić information content (AvgIpc) is 2.70. The van der Waals surface area contributed by atoms with E-state index >= 15 is 0 Å². The van der Waals surface area contributed by atoms with E-state index in [0.717, 1.165) is 6.42 Å². The Bertz CT molecular complexity index is 770. The van der Waals surface area contributed by atoms with Crippen LogP contribution in [0.1, 0.15) is 45.2 Å². The van der Waals surface area contributed by atoms with Gasteiger partial charge in [-0.25, -0.2) is 9.59 Å². The topological polar surface area (TPSA) is 163 Å². The number of aliphatic hydroxyl groups is 1. The Hall–Kier alpha value is -4.34. The molecule has 0 unspecified atom stereocenters. The van der Waals surface area contributed by atoms with Gasteiger partial charge in [0.05, 0.1) is 6.61 Å².